The lowest BCUT2D eigenvalue weighted by Gasteiger charge is -2.35. The highest BCUT2D eigenvalue weighted by atomic mass is 16.1. The topological polar surface area (TPSA) is 36.4 Å². The van der Waals surface area contributed by atoms with E-state index in [1.807, 2.05) is 18.2 Å². The Balaban J connectivity index is 1.80. The Morgan fingerprint density at radius 1 is 1.19 bits per heavy atom. The molecule has 3 rings (SSSR count). The molecule has 0 N–H and O–H groups in total. The number of rotatable bonds is 3. The van der Waals surface area contributed by atoms with Gasteiger partial charge < -0.3 is 9.80 Å². The van der Waals surface area contributed by atoms with Crippen molar-refractivity contribution in [1.82, 2.24) is 9.88 Å². The first-order valence-electron chi connectivity index (χ1n) is 7.45. The van der Waals surface area contributed by atoms with Gasteiger partial charge in [0.2, 0.25) is 0 Å². The van der Waals surface area contributed by atoms with E-state index < -0.39 is 0 Å². The molecular weight excluding hydrogens is 262 g/mol. The van der Waals surface area contributed by atoms with E-state index in [0.29, 0.717) is 11.6 Å². The summed E-state index contributed by atoms with van der Waals surface area (Å²) in [6.07, 6.45) is 3.23. The van der Waals surface area contributed by atoms with E-state index in [0.717, 1.165) is 36.1 Å². The SMILES string of the molecule is CN(C)C1CCN(c2ccc3cc(C=O)ccc3n2)CC1. The maximum absolute atomic E-state index is 10.8. The molecule has 1 aliphatic rings. The molecule has 0 aliphatic carbocycles. The molecule has 1 aliphatic heterocycles. The fraction of sp³-hybridized carbons (Fsp3) is 0.412. The number of nitrogens with zero attached hydrogens (tertiary/aromatic N) is 3. The summed E-state index contributed by atoms with van der Waals surface area (Å²) in [6.45, 7) is 2.10. The van der Waals surface area contributed by atoms with Crippen LogP contribution in [0.5, 0.6) is 0 Å². The van der Waals surface area contributed by atoms with Crippen molar-refractivity contribution < 1.29 is 4.79 Å². The van der Waals surface area contributed by atoms with E-state index >= 15 is 0 Å². The summed E-state index contributed by atoms with van der Waals surface area (Å²) in [5.74, 6) is 1.04. The average molecular weight is 283 g/mol. The molecule has 0 unspecified atom stereocenters. The lowest BCUT2D eigenvalue weighted by atomic mass is 10.0. The van der Waals surface area contributed by atoms with Crippen LogP contribution in [0.15, 0.2) is 30.3 Å². The van der Waals surface area contributed by atoms with E-state index in [1.165, 1.54) is 12.8 Å². The summed E-state index contributed by atoms with van der Waals surface area (Å²) < 4.78 is 0. The van der Waals surface area contributed by atoms with Crippen LogP contribution in [0.3, 0.4) is 0 Å². The molecule has 0 saturated carbocycles. The van der Waals surface area contributed by atoms with Crippen molar-refractivity contribution in [3.05, 3.63) is 35.9 Å². The van der Waals surface area contributed by atoms with Crippen LogP contribution in [0, 0.1) is 0 Å². The van der Waals surface area contributed by atoms with Crippen LogP contribution in [0.4, 0.5) is 5.82 Å². The normalized spacial score (nSPS) is 16.6. The van der Waals surface area contributed by atoms with Crippen LogP contribution < -0.4 is 4.90 Å². The van der Waals surface area contributed by atoms with Crippen LogP contribution in [0.25, 0.3) is 10.9 Å². The van der Waals surface area contributed by atoms with E-state index in [1.54, 1.807) is 0 Å². The molecule has 0 amide bonds. The molecule has 2 aromatic rings. The maximum Gasteiger partial charge on any atom is 0.150 e. The van der Waals surface area contributed by atoms with Crippen LogP contribution in [-0.4, -0.2) is 49.4 Å². The van der Waals surface area contributed by atoms with Gasteiger partial charge in [0, 0.05) is 30.1 Å². The second-order valence-corrected chi connectivity index (χ2v) is 5.92. The van der Waals surface area contributed by atoms with Crippen molar-refractivity contribution in [2.45, 2.75) is 18.9 Å². The second-order valence-electron chi connectivity index (χ2n) is 5.92. The highest BCUT2D eigenvalue weighted by Crippen LogP contribution is 2.23. The predicted octanol–water partition coefficient (Wildman–Crippen LogP) is 2.58. The minimum atomic E-state index is 0.678. The minimum absolute atomic E-state index is 0.678. The number of anilines is 1. The quantitative estimate of drug-likeness (QED) is 0.811. The highest BCUT2D eigenvalue weighted by molar-refractivity contribution is 5.87. The first-order chi connectivity index (χ1) is 10.2. The smallest absolute Gasteiger partial charge is 0.150 e. The van der Waals surface area contributed by atoms with Gasteiger partial charge in [-0.25, -0.2) is 4.98 Å². The van der Waals surface area contributed by atoms with Crippen LogP contribution in [0.1, 0.15) is 23.2 Å². The van der Waals surface area contributed by atoms with Gasteiger partial charge in [0.05, 0.1) is 5.52 Å². The summed E-state index contributed by atoms with van der Waals surface area (Å²) >= 11 is 0. The van der Waals surface area contributed by atoms with Crippen molar-refractivity contribution in [2.75, 3.05) is 32.1 Å². The Kier molecular flexibility index (Phi) is 3.88. The number of piperidine rings is 1. The van der Waals surface area contributed by atoms with Gasteiger partial charge in [-0.2, -0.15) is 0 Å². The first kappa shape index (κ1) is 14.0. The van der Waals surface area contributed by atoms with E-state index in [9.17, 15) is 4.79 Å². The van der Waals surface area contributed by atoms with Gasteiger partial charge in [-0.05, 0) is 57.3 Å². The Hall–Kier alpha value is -1.94. The summed E-state index contributed by atoms with van der Waals surface area (Å²) in [5, 5.41) is 1.02. The van der Waals surface area contributed by atoms with E-state index in [4.69, 9.17) is 4.98 Å². The van der Waals surface area contributed by atoms with Gasteiger partial charge in [0.1, 0.15) is 12.1 Å². The number of fused-ring (bicyclic) bond motifs is 1. The minimum Gasteiger partial charge on any atom is -0.356 e. The average Bonchev–Trinajstić information content (AvgIpc) is 2.54. The molecule has 0 radical (unpaired) electrons. The molecular formula is C17H21N3O. The van der Waals surface area contributed by atoms with Crippen molar-refractivity contribution in [1.29, 1.82) is 0 Å². The number of benzene rings is 1. The Morgan fingerprint density at radius 2 is 1.95 bits per heavy atom. The first-order valence-corrected chi connectivity index (χ1v) is 7.45. The maximum atomic E-state index is 10.8. The summed E-state index contributed by atoms with van der Waals surface area (Å²) in [7, 11) is 4.30. The van der Waals surface area contributed by atoms with Crippen molar-refractivity contribution in [3.8, 4) is 0 Å². The number of aromatic nitrogens is 1. The molecule has 110 valence electrons. The van der Waals surface area contributed by atoms with Gasteiger partial charge >= 0.3 is 0 Å². The summed E-state index contributed by atoms with van der Waals surface area (Å²) in [4.78, 5) is 20.2. The number of carbonyl (C=O) groups excluding carboxylic acids is 1. The highest BCUT2D eigenvalue weighted by Gasteiger charge is 2.21. The molecule has 1 aromatic carbocycles. The van der Waals surface area contributed by atoms with E-state index in [2.05, 4.69) is 36.0 Å². The van der Waals surface area contributed by atoms with Crippen LogP contribution >= 0.6 is 0 Å². The molecule has 2 heterocycles. The molecule has 1 saturated heterocycles. The Morgan fingerprint density at radius 3 is 2.62 bits per heavy atom. The third-order valence-corrected chi connectivity index (χ3v) is 4.35. The fourth-order valence-corrected chi connectivity index (χ4v) is 2.99. The molecule has 0 spiro atoms. The van der Waals surface area contributed by atoms with Gasteiger partial charge in [0.15, 0.2) is 0 Å². The standard InChI is InChI=1S/C17H21N3O/c1-19(2)15-7-9-20(10-8-15)17-6-4-14-11-13(12-21)3-5-16(14)18-17/h3-6,11-12,15H,7-10H2,1-2H3. The summed E-state index contributed by atoms with van der Waals surface area (Å²) in [6, 6.07) is 10.4. The third kappa shape index (κ3) is 2.90. The zero-order chi connectivity index (χ0) is 14.8. The lowest BCUT2D eigenvalue weighted by molar-refractivity contribution is 0.112. The molecule has 21 heavy (non-hydrogen) atoms. The molecule has 0 atom stereocenters. The molecule has 1 fully saturated rings. The monoisotopic (exact) mass is 283 g/mol. The van der Waals surface area contributed by atoms with Crippen LogP contribution in [0.2, 0.25) is 0 Å². The van der Waals surface area contributed by atoms with Crippen molar-refractivity contribution in [3.63, 3.8) is 0 Å². The number of aldehydes is 1. The van der Waals surface area contributed by atoms with Gasteiger partial charge in [0.25, 0.3) is 0 Å². The zero-order valence-corrected chi connectivity index (χ0v) is 12.6. The van der Waals surface area contributed by atoms with E-state index in [-0.39, 0.29) is 0 Å². The Bertz CT molecular complexity index is 646. The lowest BCUT2D eigenvalue weighted by Crippen LogP contribution is -2.42. The predicted molar refractivity (Wildman–Crippen MR) is 86.1 cm³/mol. The molecule has 4 heteroatoms. The Labute approximate surface area is 125 Å². The molecule has 1 aromatic heterocycles. The second kappa shape index (κ2) is 5.82. The molecule has 0 bridgehead atoms. The van der Waals surface area contributed by atoms with Gasteiger partial charge in [-0.3, -0.25) is 4.79 Å². The number of pyridine rings is 1. The number of hydrogen-bond donors (Lipinski definition) is 0. The van der Waals surface area contributed by atoms with Crippen molar-refractivity contribution >= 4 is 23.0 Å². The van der Waals surface area contributed by atoms with Gasteiger partial charge in [-0.1, -0.05) is 0 Å². The fourth-order valence-electron chi connectivity index (χ4n) is 2.99. The largest absolute Gasteiger partial charge is 0.356 e. The van der Waals surface area contributed by atoms with Crippen LogP contribution in [-0.2, 0) is 0 Å². The third-order valence-electron chi connectivity index (χ3n) is 4.35. The zero-order valence-electron chi connectivity index (χ0n) is 12.6. The number of hydrogen-bond acceptors (Lipinski definition) is 4. The number of carbonyl (C=O) groups is 1. The van der Waals surface area contributed by atoms with Crippen molar-refractivity contribution in [2.24, 2.45) is 0 Å². The van der Waals surface area contributed by atoms with Gasteiger partial charge in [-0.15, -0.1) is 0 Å². The summed E-state index contributed by atoms with van der Waals surface area (Å²) in [5.41, 5.74) is 1.65. The molecule has 4 nitrogen and oxygen atoms in total.